The number of imidazole rings is 1. The Morgan fingerprint density at radius 1 is 1.33 bits per heavy atom. The lowest BCUT2D eigenvalue weighted by Gasteiger charge is -2.36. The van der Waals surface area contributed by atoms with Crippen molar-refractivity contribution in [1.82, 2.24) is 29.1 Å². The van der Waals surface area contributed by atoms with Crippen molar-refractivity contribution in [3.63, 3.8) is 0 Å². The number of rotatable bonds is 4. The molecule has 1 atom stereocenters. The number of nitrogens with zero attached hydrogens (tertiary/aromatic N) is 6. The van der Waals surface area contributed by atoms with Gasteiger partial charge in [0.25, 0.3) is 0 Å². The first-order valence-electron chi connectivity index (χ1n) is 9.65. The molecule has 1 amide bonds. The quantitative estimate of drug-likeness (QED) is 0.806. The number of hydrogen-bond acceptors (Lipinski definition) is 5. The van der Waals surface area contributed by atoms with Crippen LogP contribution >= 0.6 is 0 Å². The molecule has 146 valence electrons. The summed E-state index contributed by atoms with van der Waals surface area (Å²) in [4.78, 5) is 22.0. The highest BCUT2D eigenvalue weighted by molar-refractivity contribution is 5.84. The van der Waals surface area contributed by atoms with Crippen molar-refractivity contribution >= 4 is 5.91 Å². The summed E-state index contributed by atoms with van der Waals surface area (Å²) in [6.07, 6.45) is 5.84. The van der Waals surface area contributed by atoms with Gasteiger partial charge in [0.2, 0.25) is 5.91 Å². The minimum Gasteiger partial charge on any atom is -0.378 e. The Labute approximate surface area is 159 Å². The van der Waals surface area contributed by atoms with Crippen LogP contribution in [0.2, 0.25) is 0 Å². The highest BCUT2D eigenvalue weighted by Crippen LogP contribution is 2.30. The fourth-order valence-corrected chi connectivity index (χ4v) is 4.00. The fourth-order valence-electron chi connectivity index (χ4n) is 4.00. The van der Waals surface area contributed by atoms with Gasteiger partial charge in [0.1, 0.15) is 0 Å². The minimum atomic E-state index is -0.181. The van der Waals surface area contributed by atoms with Gasteiger partial charge in [-0.25, -0.2) is 4.98 Å². The first kappa shape index (κ1) is 18.2. The number of carbonyl (C=O) groups excluding carboxylic acids is 1. The van der Waals surface area contributed by atoms with E-state index in [1.165, 1.54) is 5.56 Å². The predicted octanol–water partition coefficient (Wildman–Crippen LogP) is 1.16. The highest BCUT2D eigenvalue weighted by Gasteiger charge is 2.36. The van der Waals surface area contributed by atoms with Crippen LogP contribution in [-0.2, 0) is 29.7 Å². The van der Waals surface area contributed by atoms with Crippen molar-refractivity contribution in [3.05, 3.63) is 35.7 Å². The second kappa shape index (κ2) is 7.44. The van der Waals surface area contributed by atoms with Crippen LogP contribution in [0.25, 0.3) is 0 Å². The van der Waals surface area contributed by atoms with Crippen molar-refractivity contribution in [3.8, 4) is 0 Å². The van der Waals surface area contributed by atoms with Crippen molar-refractivity contribution in [1.29, 1.82) is 0 Å². The first-order valence-corrected chi connectivity index (χ1v) is 9.65. The molecule has 2 aliphatic rings. The van der Waals surface area contributed by atoms with Gasteiger partial charge in [0, 0.05) is 57.6 Å². The van der Waals surface area contributed by atoms with Crippen molar-refractivity contribution in [2.45, 2.75) is 38.9 Å². The van der Waals surface area contributed by atoms with Crippen LogP contribution in [0.5, 0.6) is 0 Å². The van der Waals surface area contributed by atoms with Crippen LogP contribution in [0.4, 0.5) is 0 Å². The second-order valence-corrected chi connectivity index (χ2v) is 7.77. The molecule has 0 saturated carbocycles. The Balaban J connectivity index is 1.54. The lowest BCUT2D eigenvalue weighted by molar-refractivity contribution is -0.138. The minimum absolute atomic E-state index is 0.181. The van der Waals surface area contributed by atoms with Crippen LogP contribution in [0.15, 0.2) is 18.7 Å². The fraction of sp³-hybridized carbons (Fsp3) is 0.632. The Morgan fingerprint density at radius 2 is 2.11 bits per heavy atom. The normalized spacial score (nSPS) is 20.9. The number of carbonyl (C=O) groups is 1. The molecule has 4 rings (SSSR count). The lowest BCUT2D eigenvalue weighted by atomic mass is 9.96. The topological polar surface area (TPSA) is 68.4 Å². The van der Waals surface area contributed by atoms with E-state index in [0.29, 0.717) is 38.9 Å². The summed E-state index contributed by atoms with van der Waals surface area (Å²) < 4.78 is 9.39. The zero-order chi connectivity index (χ0) is 19.0. The molecule has 0 aromatic carbocycles. The third-order valence-corrected chi connectivity index (χ3v) is 5.42. The summed E-state index contributed by atoms with van der Waals surface area (Å²) in [6.45, 7) is 9.06. The molecule has 0 aliphatic carbocycles. The van der Waals surface area contributed by atoms with E-state index >= 15 is 0 Å². The molecule has 0 spiro atoms. The molecule has 4 heterocycles. The Kier molecular flexibility index (Phi) is 5.01. The molecule has 1 saturated heterocycles. The molecule has 27 heavy (non-hydrogen) atoms. The second-order valence-electron chi connectivity index (χ2n) is 7.77. The van der Waals surface area contributed by atoms with E-state index in [9.17, 15) is 4.79 Å². The lowest BCUT2D eigenvalue weighted by Crippen LogP contribution is -2.47. The molecular formula is C19H28N6O2. The third-order valence-electron chi connectivity index (χ3n) is 5.42. The van der Waals surface area contributed by atoms with E-state index in [0.717, 1.165) is 24.5 Å². The molecule has 8 heteroatoms. The molecule has 1 fully saturated rings. The van der Waals surface area contributed by atoms with Crippen molar-refractivity contribution in [2.75, 3.05) is 32.8 Å². The third kappa shape index (κ3) is 3.64. The average molecular weight is 372 g/mol. The van der Waals surface area contributed by atoms with Gasteiger partial charge in [-0.1, -0.05) is 0 Å². The van der Waals surface area contributed by atoms with Crippen molar-refractivity contribution < 1.29 is 9.53 Å². The molecule has 0 unspecified atom stereocenters. The van der Waals surface area contributed by atoms with Crippen LogP contribution in [-0.4, -0.2) is 67.9 Å². The number of amides is 1. The summed E-state index contributed by atoms with van der Waals surface area (Å²) in [6, 6.07) is 0.346. The zero-order valence-corrected chi connectivity index (χ0v) is 16.3. The highest BCUT2D eigenvalue weighted by atomic mass is 16.5. The maximum Gasteiger partial charge on any atom is 0.233 e. The molecule has 0 bridgehead atoms. The molecule has 0 radical (unpaired) electrons. The van der Waals surface area contributed by atoms with Gasteiger partial charge in [-0.15, -0.1) is 0 Å². The molecule has 0 N–H and O–H groups in total. The Bertz CT molecular complexity index is 805. The van der Waals surface area contributed by atoms with Gasteiger partial charge in [-0.05, 0) is 13.8 Å². The Hall–Kier alpha value is -2.19. The molecule has 2 aromatic rings. The largest absolute Gasteiger partial charge is 0.378 e. The van der Waals surface area contributed by atoms with Gasteiger partial charge in [0.15, 0.2) is 0 Å². The van der Waals surface area contributed by atoms with Crippen molar-refractivity contribution in [2.24, 2.45) is 7.05 Å². The van der Waals surface area contributed by atoms with Gasteiger partial charge in [-0.3, -0.25) is 14.4 Å². The zero-order valence-electron chi connectivity index (χ0n) is 16.3. The van der Waals surface area contributed by atoms with E-state index in [4.69, 9.17) is 4.74 Å². The van der Waals surface area contributed by atoms with E-state index in [1.54, 1.807) is 0 Å². The summed E-state index contributed by atoms with van der Waals surface area (Å²) in [5.41, 5.74) is 3.23. The van der Waals surface area contributed by atoms with Gasteiger partial charge in [0.05, 0.1) is 43.0 Å². The van der Waals surface area contributed by atoms with E-state index in [2.05, 4.69) is 35.0 Å². The van der Waals surface area contributed by atoms with E-state index in [1.807, 2.05) is 33.7 Å². The van der Waals surface area contributed by atoms with Crippen LogP contribution in [0.3, 0.4) is 0 Å². The molecule has 2 aliphatic heterocycles. The summed E-state index contributed by atoms with van der Waals surface area (Å²) in [5.74, 6) is 0.00483. The molecule has 8 nitrogen and oxygen atoms in total. The molecular weight excluding hydrogens is 344 g/mol. The number of ether oxygens (including phenoxy) is 1. The SMILES string of the molecule is CC(C)n1cc(CN2Cc3ncn(C)c3[C@@H](C(=O)N3CCOCC3)C2)cn1. The predicted molar refractivity (Wildman–Crippen MR) is 100 cm³/mol. The Morgan fingerprint density at radius 3 is 2.81 bits per heavy atom. The van der Waals surface area contributed by atoms with E-state index in [-0.39, 0.29) is 11.8 Å². The standard InChI is InChI=1S/C19H28N6O2/c1-14(2)25-10-15(8-21-25)9-23-11-16(18-17(12-23)20-13-22(18)3)19(26)24-4-6-27-7-5-24/h8,10,13-14,16H,4-7,9,11-12H2,1-3H3/t16-/m0/s1. The monoisotopic (exact) mass is 372 g/mol. The van der Waals surface area contributed by atoms with Crippen LogP contribution < -0.4 is 0 Å². The first-order chi connectivity index (χ1) is 13.0. The number of fused-ring (bicyclic) bond motifs is 1. The number of aromatic nitrogens is 4. The average Bonchev–Trinajstić information content (AvgIpc) is 3.29. The number of hydrogen-bond donors (Lipinski definition) is 0. The maximum atomic E-state index is 13.2. The number of morpholine rings is 1. The number of aryl methyl sites for hydroxylation is 1. The van der Waals surface area contributed by atoms with Gasteiger partial charge >= 0.3 is 0 Å². The maximum absolute atomic E-state index is 13.2. The summed E-state index contributed by atoms with van der Waals surface area (Å²) in [7, 11) is 1.98. The molecule has 2 aromatic heterocycles. The van der Waals surface area contributed by atoms with Crippen LogP contribution in [0.1, 0.15) is 42.8 Å². The van der Waals surface area contributed by atoms with E-state index < -0.39 is 0 Å². The van der Waals surface area contributed by atoms with Gasteiger partial charge < -0.3 is 14.2 Å². The summed E-state index contributed by atoms with van der Waals surface area (Å²) in [5, 5.41) is 4.44. The summed E-state index contributed by atoms with van der Waals surface area (Å²) >= 11 is 0. The smallest absolute Gasteiger partial charge is 0.233 e. The van der Waals surface area contributed by atoms with Gasteiger partial charge in [-0.2, -0.15) is 5.10 Å². The van der Waals surface area contributed by atoms with Crippen LogP contribution in [0, 0.1) is 0 Å².